The third kappa shape index (κ3) is 4.01. The molecule has 0 fully saturated rings. The first-order valence-corrected chi connectivity index (χ1v) is 7.49. The zero-order chi connectivity index (χ0) is 12.8. The largest absolute Gasteiger partial charge is 0.368 e. The average Bonchev–Trinajstić information content (AvgIpc) is 2.29. The molecule has 0 radical (unpaired) electrons. The second-order valence-corrected chi connectivity index (χ2v) is 5.58. The van der Waals surface area contributed by atoms with Gasteiger partial charge in [-0.05, 0) is 31.5 Å². The van der Waals surface area contributed by atoms with E-state index in [-0.39, 0.29) is 0 Å². The Morgan fingerprint density at radius 1 is 1.41 bits per heavy atom. The fourth-order valence-electron chi connectivity index (χ4n) is 1.74. The molecule has 0 saturated carbocycles. The number of alkyl halides is 1. The van der Waals surface area contributed by atoms with Gasteiger partial charge in [-0.1, -0.05) is 37.9 Å². The first-order chi connectivity index (χ1) is 8.10. The normalized spacial score (nSPS) is 10.4. The summed E-state index contributed by atoms with van der Waals surface area (Å²) in [5, 5.41) is 9.55. The number of rotatable bonds is 5. The van der Waals surface area contributed by atoms with Crippen LogP contribution in [-0.2, 0) is 5.33 Å². The zero-order valence-corrected chi connectivity index (χ0v) is 13.3. The molecule has 1 rings (SSSR count). The standard InChI is InChI=1S/C13H16Br2N2/c1-10(2)17(7-3-6-16)13-8-12(15)5-4-11(13)9-14/h4-5,8,10H,3,7,9H2,1-2H3. The maximum Gasteiger partial charge on any atom is 0.0640 e. The molecule has 92 valence electrons. The lowest BCUT2D eigenvalue weighted by Gasteiger charge is -2.30. The van der Waals surface area contributed by atoms with Crippen molar-refractivity contribution in [1.29, 1.82) is 5.26 Å². The molecule has 0 aliphatic heterocycles. The smallest absolute Gasteiger partial charge is 0.0640 e. The third-order valence-electron chi connectivity index (χ3n) is 2.59. The minimum Gasteiger partial charge on any atom is -0.368 e. The van der Waals surface area contributed by atoms with E-state index in [1.165, 1.54) is 11.3 Å². The van der Waals surface area contributed by atoms with Gasteiger partial charge in [0, 0.05) is 28.1 Å². The SMILES string of the molecule is CC(C)N(CCC#N)c1cc(Br)ccc1CBr. The second kappa shape index (κ2) is 7.03. The van der Waals surface area contributed by atoms with Gasteiger partial charge in [0.05, 0.1) is 12.5 Å². The molecule has 0 unspecified atom stereocenters. The van der Waals surface area contributed by atoms with Crippen LogP contribution in [0.25, 0.3) is 0 Å². The molecule has 0 heterocycles. The summed E-state index contributed by atoms with van der Waals surface area (Å²) in [5.74, 6) is 0. The number of halogens is 2. The summed E-state index contributed by atoms with van der Waals surface area (Å²) in [6, 6.07) is 8.87. The highest BCUT2D eigenvalue weighted by molar-refractivity contribution is 9.10. The van der Waals surface area contributed by atoms with Crippen molar-refractivity contribution in [3.05, 3.63) is 28.2 Å². The highest BCUT2D eigenvalue weighted by Crippen LogP contribution is 2.28. The Kier molecular flexibility index (Phi) is 6.01. The molecule has 0 atom stereocenters. The summed E-state index contributed by atoms with van der Waals surface area (Å²) >= 11 is 7.02. The van der Waals surface area contributed by atoms with Crippen molar-refractivity contribution in [3.8, 4) is 6.07 Å². The average molecular weight is 360 g/mol. The van der Waals surface area contributed by atoms with Crippen molar-refractivity contribution in [2.24, 2.45) is 0 Å². The highest BCUT2D eigenvalue weighted by Gasteiger charge is 2.14. The van der Waals surface area contributed by atoms with E-state index >= 15 is 0 Å². The zero-order valence-electron chi connectivity index (χ0n) is 10.1. The van der Waals surface area contributed by atoms with Crippen molar-refractivity contribution in [1.82, 2.24) is 0 Å². The van der Waals surface area contributed by atoms with Crippen LogP contribution in [0.15, 0.2) is 22.7 Å². The first kappa shape index (κ1) is 14.5. The van der Waals surface area contributed by atoms with E-state index in [4.69, 9.17) is 5.26 Å². The van der Waals surface area contributed by atoms with E-state index in [1.807, 2.05) is 6.07 Å². The van der Waals surface area contributed by atoms with Crippen molar-refractivity contribution >= 4 is 37.5 Å². The van der Waals surface area contributed by atoms with E-state index in [1.54, 1.807) is 0 Å². The molecule has 0 aliphatic carbocycles. The van der Waals surface area contributed by atoms with Crippen LogP contribution in [0.1, 0.15) is 25.8 Å². The summed E-state index contributed by atoms with van der Waals surface area (Å²) in [7, 11) is 0. The molecular weight excluding hydrogens is 344 g/mol. The van der Waals surface area contributed by atoms with E-state index < -0.39 is 0 Å². The molecule has 1 aromatic carbocycles. The lowest BCUT2D eigenvalue weighted by atomic mass is 10.1. The number of nitrogens with zero attached hydrogens (tertiary/aromatic N) is 2. The predicted molar refractivity (Wildman–Crippen MR) is 79.5 cm³/mol. The van der Waals surface area contributed by atoms with Crippen LogP contribution < -0.4 is 4.90 Å². The molecule has 0 aromatic heterocycles. The Hall–Kier alpha value is -0.530. The summed E-state index contributed by atoms with van der Waals surface area (Å²) < 4.78 is 1.07. The van der Waals surface area contributed by atoms with Gasteiger partial charge in [0.15, 0.2) is 0 Å². The summed E-state index contributed by atoms with van der Waals surface area (Å²) in [6.07, 6.45) is 0.548. The molecule has 17 heavy (non-hydrogen) atoms. The Balaban J connectivity index is 3.08. The van der Waals surface area contributed by atoms with E-state index in [9.17, 15) is 0 Å². The molecular formula is C13H16Br2N2. The van der Waals surface area contributed by atoms with Gasteiger partial charge in [0.25, 0.3) is 0 Å². The van der Waals surface area contributed by atoms with Crippen molar-refractivity contribution < 1.29 is 0 Å². The fraction of sp³-hybridized carbons (Fsp3) is 0.462. The number of hydrogen-bond donors (Lipinski definition) is 0. The second-order valence-electron chi connectivity index (χ2n) is 4.10. The Morgan fingerprint density at radius 3 is 2.65 bits per heavy atom. The van der Waals surface area contributed by atoms with Gasteiger partial charge >= 0.3 is 0 Å². The van der Waals surface area contributed by atoms with E-state index in [0.29, 0.717) is 12.5 Å². The summed E-state index contributed by atoms with van der Waals surface area (Å²) in [6.45, 7) is 5.07. The Bertz CT molecular complexity index is 410. The van der Waals surface area contributed by atoms with Gasteiger partial charge in [-0.15, -0.1) is 0 Å². The van der Waals surface area contributed by atoms with Gasteiger partial charge < -0.3 is 4.90 Å². The van der Waals surface area contributed by atoms with Gasteiger partial charge in [-0.25, -0.2) is 0 Å². The lowest BCUT2D eigenvalue weighted by Crippen LogP contribution is -2.32. The van der Waals surface area contributed by atoms with Crippen LogP contribution in [0.2, 0.25) is 0 Å². The summed E-state index contributed by atoms with van der Waals surface area (Å²) in [4.78, 5) is 2.27. The topological polar surface area (TPSA) is 27.0 Å². The number of benzene rings is 1. The lowest BCUT2D eigenvalue weighted by molar-refractivity contribution is 0.684. The van der Waals surface area contributed by atoms with Crippen molar-refractivity contribution in [3.63, 3.8) is 0 Å². The van der Waals surface area contributed by atoms with Gasteiger partial charge in [0.1, 0.15) is 0 Å². The maximum atomic E-state index is 8.73. The highest BCUT2D eigenvalue weighted by atomic mass is 79.9. The number of anilines is 1. The van der Waals surface area contributed by atoms with Crippen LogP contribution in [0.4, 0.5) is 5.69 Å². The molecule has 0 bridgehead atoms. The molecule has 0 saturated heterocycles. The van der Waals surface area contributed by atoms with Crippen LogP contribution >= 0.6 is 31.9 Å². The number of hydrogen-bond acceptors (Lipinski definition) is 2. The molecule has 0 amide bonds. The minimum atomic E-state index is 0.385. The molecule has 0 spiro atoms. The quantitative estimate of drug-likeness (QED) is 0.725. The van der Waals surface area contributed by atoms with Crippen LogP contribution in [0, 0.1) is 11.3 Å². The van der Waals surface area contributed by atoms with Crippen molar-refractivity contribution in [2.45, 2.75) is 31.6 Å². The molecule has 0 N–H and O–H groups in total. The molecule has 2 nitrogen and oxygen atoms in total. The van der Waals surface area contributed by atoms with Gasteiger partial charge in [-0.2, -0.15) is 5.26 Å². The predicted octanol–water partition coefficient (Wildman–Crippen LogP) is 4.47. The van der Waals surface area contributed by atoms with E-state index in [2.05, 4.69) is 68.8 Å². The monoisotopic (exact) mass is 358 g/mol. The van der Waals surface area contributed by atoms with E-state index in [0.717, 1.165) is 16.3 Å². The minimum absolute atomic E-state index is 0.385. The molecule has 4 heteroatoms. The van der Waals surface area contributed by atoms with Gasteiger partial charge in [0.2, 0.25) is 0 Å². The van der Waals surface area contributed by atoms with Crippen molar-refractivity contribution in [2.75, 3.05) is 11.4 Å². The molecule has 1 aromatic rings. The number of nitriles is 1. The third-order valence-corrected chi connectivity index (χ3v) is 3.69. The summed E-state index contributed by atoms with van der Waals surface area (Å²) in [5.41, 5.74) is 2.45. The maximum absolute atomic E-state index is 8.73. The Morgan fingerprint density at radius 2 is 2.12 bits per heavy atom. The van der Waals surface area contributed by atoms with Crippen LogP contribution in [-0.4, -0.2) is 12.6 Å². The fourth-order valence-corrected chi connectivity index (χ4v) is 2.57. The molecule has 0 aliphatic rings. The Labute approximate surface area is 120 Å². The van der Waals surface area contributed by atoms with Crippen LogP contribution in [0.3, 0.4) is 0 Å². The van der Waals surface area contributed by atoms with Gasteiger partial charge in [-0.3, -0.25) is 0 Å². The first-order valence-electron chi connectivity index (χ1n) is 5.58. The van der Waals surface area contributed by atoms with Crippen LogP contribution in [0.5, 0.6) is 0 Å².